The number of carbonyl (C=O) groups is 2. The summed E-state index contributed by atoms with van der Waals surface area (Å²) in [5.41, 5.74) is 4.62. The number of carbonyl (C=O) groups excluding carboxylic acids is 2. The minimum absolute atomic E-state index is 0.554. The van der Waals surface area contributed by atoms with E-state index in [4.69, 9.17) is 4.74 Å². The zero-order valence-corrected chi connectivity index (χ0v) is 15.9. The van der Waals surface area contributed by atoms with E-state index in [1.54, 1.807) is 12.1 Å². The van der Waals surface area contributed by atoms with E-state index < -0.39 is 11.8 Å². The Morgan fingerprint density at radius 3 is 2.33 bits per heavy atom. The van der Waals surface area contributed by atoms with Crippen molar-refractivity contribution in [1.82, 2.24) is 5.43 Å². The van der Waals surface area contributed by atoms with Gasteiger partial charge in [0.15, 0.2) is 0 Å². The largest absolute Gasteiger partial charge is 0.494 e. The zero-order chi connectivity index (χ0) is 19.6. The highest BCUT2D eigenvalue weighted by Gasteiger charge is 2.12. The second-order valence-corrected chi connectivity index (χ2v) is 6.62. The van der Waals surface area contributed by atoms with Gasteiger partial charge in [-0.3, -0.25) is 9.59 Å². The van der Waals surface area contributed by atoms with Crippen molar-refractivity contribution >= 4 is 23.7 Å². The summed E-state index contributed by atoms with van der Waals surface area (Å²) >= 11 is 0. The summed E-state index contributed by atoms with van der Waals surface area (Å²) in [5.74, 6) is -0.220. The third-order valence-electron chi connectivity index (χ3n) is 3.74. The topological polar surface area (TPSA) is 79.8 Å². The summed E-state index contributed by atoms with van der Waals surface area (Å²) in [5, 5.41) is 6.32. The Labute approximate surface area is 159 Å². The van der Waals surface area contributed by atoms with Gasteiger partial charge in [0.2, 0.25) is 0 Å². The number of ether oxygens (including phenoxy) is 1. The predicted molar refractivity (Wildman–Crippen MR) is 107 cm³/mol. The number of rotatable bonds is 7. The van der Waals surface area contributed by atoms with Crippen LogP contribution in [-0.2, 0) is 9.59 Å². The summed E-state index contributed by atoms with van der Waals surface area (Å²) in [6, 6.07) is 14.5. The van der Waals surface area contributed by atoms with E-state index >= 15 is 0 Å². The van der Waals surface area contributed by atoms with Crippen LogP contribution in [0.4, 0.5) is 5.69 Å². The molecule has 2 N–H and O–H groups in total. The van der Waals surface area contributed by atoms with Crippen LogP contribution < -0.4 is 15.5 Å². The van der Waals surface area contributed by atoms with Gasteiger partial charge in [0.05, 0.1) is 12.8 Å². The summed E-state index contributed by atoms with van der Waals surface area (Å²) < 4.78 is 5.64. The van der Waals surface area contributed by atoms with E-state index in [2.05, 4.69) is 29.7 Å². The first kappa shape index (κ1) is 20.2. The monoisotopic (exact) mass is 367 g/mol. The van der Waals surface area contributed by atoms with Crippen molar-refractivity contribution < 1.29 is 14.3 Å². The molecular formula is C21H25N3O3. The molecule has 0 unspecified atom stereocenters. The molecule has 0 saturated heterocycles. The van der Waals surface area contributed by atoms with Gasteiger partial charge in [-0.2, -0.15) is 5.10 Å². The van der Waals surface area contributed by atoms with Crippen LogP contribution in [0.15, 0.2) is 53.6 Å². The van der Waals surface area contributed by atoms with Crippen LogP contribution in [0.2, 0.25) is 0 Å². The first-order valence-corrected chi connectivity index (χ1v) is 8.88. The quantitative estimate of drug-likeness (QED) is 0.446. The van der Waals surface area contributed by atoms with Crippen LogP contribution in [-0.4, -0.2) is 24.6 Å². The standard InChI is InChI=1S/C21H25N3O3/c1-15(2)12-13-27-19-10-6-17(7-11-19)14-22-24-21(26)20(25)23-18-8-4-16(3)5-9-18/h4-11,14-15H,12-13H2,1-3H3,(H,23,25)(H,24,26)/b22-14-. The molecular weight excluding hydrogens is 342 g/mol. The van der Waals surface area contributed by atoms with Crippen molar-refractivity contribution in [2.75, 3.05) is 11.9 Å². The number of aryl methyl sites for hydroxylation is 1. The molecule has 6 heteroatoms. The molecule has 0 bridgehead atoms. The highest BCUT2D eigenvalue weighted by molar-refractivity contribution is 6.39. The highest BCUT2D eigenvalue weighted by atomic mass is 16.5. The Hall–Kier alpha value is -3.15. The number of nitrogens with one attached hydrogen (secondary N) is 2. The van der Waals surface area contributed by atoms with Crippen molar-refractivity contribution in [3.63, 3.8) is 0 Å². The molecule has 0 aliphatic rings. The molecule has 2 aromatic carbocycles. The van der Waals surface area contributed by atoms with Crippen LogP contribution in [0.3, 0.4) is 0 Å². The maximum absolute atomic E-state index is 11.8. The van der Waals surface area contributed by atoms with Gasteiger partial charge in [0, 0.05) is 5.69 Å². The Balaban J connectivity index is 1.79. The minimum Gasteiger partial charge on any atom is -0.494 e. The molecule has 0 spiro atoms. The predicted octanol–water partition coefficient (Wildman–Crippen LogP) is 3.51. The fourth-order valence-electron chi connectivity index (χ4n) is 2.10. The zero-order valence-electron chi connectivity index (χ0n) is 15.9. The van der Waals surface area contributed by atoms with Crippen molar-refractivity contribution in [3.05, 3.63) is 59.7 Å². The van der Waals surface area contributed by atoms with Crippen molar-refractivity contribution in [2.45, 2.75) is 27.2 Å². The first-order valence-electron chi connectivity index (χ1n) is 8.88. The second-order valence-electron chi connectivity index (χ2n) is 6.62. The molecule has 142 valence electrons. The fraction of sp³-hybridized carbons (Fsp3) is 0.286. The molecule has 0 aliphatic carbocycles. The molecule has 0 atom stereocenters. The third kappa shape index (κ3) is 7.32. The number of anilines is 1. The van der Waals surface area contributed by atoms with Crippen molar-refractivity contribution in [3.8, 4) is 5.75 Å². The normalized spacial score (nSPS) is 10.8. The lowest BCUT2D eigenvalue weighted by Crippen LogP contribution is -2.32. The lowest BCUT2D eigenvalue weighted by molar-refractivity contribution is -0.136. The summed E-state index contributed by atoms with van der Waals surface area (Å²) in [7, 11) is 0. The summed E-state index contributed by atoms with van der Waals surface area (Å²) in [6.07, 6.45) is 2.47. The average molecular weight is 367 g/mol. The molecule has 2 rings (SSSR count). The van der Waals surface area contributed by atoms with Crippen molar-refractivity contribution in [1.29, 1.82) is 0 Å². The average Bonchev–Trinajstić information content (AvgIpc) is 2.64. The molecule has 0 aromatic heterocycles. The SMILES string of the molecule is Cc1ccc(NC(=O)C(=O)N/N=C\c2ccc(OCCC(C)C)cc2)cc1. The molecule has 0 saturated carbocycles. The van der Waals surface area contributed by atoms with Crippen LogP contribution in [0.5, 0.6) is 5.75 Å². The second kappa shape index (κ2) is 10.1. The molecule has 0 heterocycles. The van der Waals surface area contributed by atoms with Crippen LogP contribution in [0.25, 0.3) is 0 Å². The lowest BCUT2D eigenvalue weighted by Gasteiger charge is -2.08. The number of hydrazone groups is 1. The van der Waals surface area contributed by atoms with Crippen molar-refractivity contribution in [2.24, 2.45) is 11.0 Å². The van der Waals surface area contributed by atoms with Gasteiger partial charge in [0.1, 0.15) is 5.75 Å². The number of nitrogens with zero attached hydrogens (tertiary/aromatic N) is 1. The number of hydrogen-bond donors (Lipinski definition) is 2. The first-order chi connectivity index (χ1) is 12.9. The lowest BCUT2D eigenvalue weighted by atomic mass is 10.1. The van der Waals surface area contributed by atoms with E-state index in [0.29, 0.717) is 18.2 Å². The maximum atomic E-state index is 11.8. The summed E-state index contributed by atoms with van der Waals surface area (Å²) in [6.45, 7) is 6.92. The van der Waals surface area contributed by atoms with E-state index in [1.165, 1.54) is 6.21 Å². The van der Waals surface area contributed by atoms with E-state index in [9.17, 15) is 9.59 Å². The fourth-order valence-corrected chi connectivity index (χ4v) is 2.10. The van der Waals surface area contributed by atoms with Crippen LogP contribution >= 0.6 is 0 Å². The highest BCUT2D eigenvalue weighted by Crippen LogP contribution is 2.12. The molecule has 6 nitrogen and oxygen atoms in total. The van der Waals surface area contributed by atoms with Gasteiger partial charge < -0.3 is 10.1 Å². The van der Waals surface area contributed by atoms with Gasteiger partial charge in [-0.25, -0.2) is 5.43 Å². The molecule has 0 radical (unpaired) electrons. The minimum atomic E-state index is -0.833. The number of hydrogen-bond acceptors (Lipinski definition) is 4. The smallest absolute Gasteiger partial charge is 0.329 e. The Morgan fingerprint density at radius 1 is 1.04 bits per heavy atom. The Bertz CT molecular complexity index is 781. The molecule has 2 aromatic rings. The van der Waals surface area contributed by atoms with Gasteiger partial charge in [-0.1, -0.05) is 31.5 Å². The van der Waals surface area contributed by atoms with E-state index in [1.807, 2.05) is 43.3 Å². The van der Waals surface area contributed by atoms with E-state index in [-0.39, 0.29) is 0 Å². The molecule has 0 aliphatic heterocycles. The van der Waals surface area contributed by atoms with Crippen LogP contribution in [0, 0.1) is 12.8 Å². The van der Waals surface area contributed by atoms with Gasteiger partial charge in [0.25, 0.3) is 0 Å². The Morgan fingerprint density at radius 2 is 1.70 bits per heavy atom. The molecule has 0 fully saturated rings. The van der Waals surface area contributed by atoms with E-state index in [0.717, 1.165) is 23.3 Å². The van der Waals surface area contributed by atoms with Crippen LogP contribution in [0.1, 0.15) is 31.4 Å². The maximum Gasteiger partial charge on any atom is 0.329 e. The summed E-state index contributed by atoms with van der Waals surface area (Å²) in [4.78, 5) is 23.6. The van der Waals surface area contributed by atoms with Gasteiger partial charge >= 0.3 is 11.8 Å². The number of benzene rings is 2. The van der Waals surface area contributed by atoms with Gasteiger partial charge in [-0.15, -0.1) is 0 Å². The number of amides is 2. The molecule has 2 amide bonds. The van der Waals surface area contributed by atoms with Gasteiger partial charge in [-0.05, 0) is 61.2 Å². The Kier molecular flexibility index (Phi) is 7.55. The molecule has 27 heavy (non-hydrogen) atoms. The third-order valence-corrected chi connectivity index (χ3v) is 3.74.